The van der Waals surface area contributed by atoms with Crippen LogP contribution in [0.25, 0.3) is 0 Å². The number of pyridine rings is 1. The summed E-state index contributed by atoms with van der Waals surface area (Å²) in [4.78, 5) is 13.3. The molecule has 0 amide bonds. The number of nitrogens with zero attached hydrogens (tertiary/aromatic N) is 3. The fraction of sp³-hybridized carbons (Fsp3) is 0.471. The van der Waals surface area contributed by atoms with Crippen LogP contribution in [0.5, 0.6) is 0 Å². The van der Waals surface area contributed by atoms with Gasteiger partial charge in [-0.15, -0.1) is 11.3 Å². The summed E-state index contributed by atoms with van der Waals surface area (Å²) in [5.41, 5.74) is 2.28. The van der Waals surface area contributed by atoms with Crippen LogP contribution in [-0.2, 0) is 19.3 Å². The number of rotatable bonds is 8. The Balaban J connectivity index is 1.78. The number of aromatic nitrogens is 2. The molecule has 0 aromatic carbocycles. The summed E-state index contributed by atoms with van der Waals surface area (Å²) in [6.07, 6.45) is 4.55. The summed E-state index contributed by atoms with van der Waals surface area (Å²) in [6, 6.07) is 3.81. The second-order valence-electron chi connectivity index (χ2n) is 5.26. The molecule has 24 heavy (non-hydrogen) atoms. The van der Waals surface area contributed by atoms with Crippen molar-refractivity contribution in [2.45, 2.75) is 33.1 Å². The molecule has 0 atom stereocenters. The van der Waals surface area contributed by atoms with Gasteiger partial charge in [0.15, 0.2) is 5.96 Å². The van der Waals surface area contributed by atoms with Crippen molar-refractivity contribution >= 4 is 28.9 Å². The molecular weight excluding hydrogens is 342 g/mol. The quantitative estimate of drug-likeness (QED) is 0.428. The summed E-state index contributed by atoms with van der Waals surface area (Å²) in [7, 11) is 0. The van der Waals surface area contributed by atoms with E-state index >= 15 is 0 Å². The van der Waals surface area contributed by atoms with Crippen molar-refractivity contribution in [3.05, 3.63) is 45.1 Å². The highest BCUT2D eigenvalue weighted by molar-refractivity contribution is 7.09. The predicted octanol–water partition coefficient (Wildman–Crippen LogP) is 3.09. The van der Waals surface area contributed by atoms with Crippen LogP contribution in [0.3, 0.4) is 0 Å². The zero-order valence-corrected chi connectivity index (χ0v) is 15.8. The van der Waals surface area contributed by atoms with Crippen molar-refractivity contribution in [1.29, 1.82) is 0 Å². The molecule has 0 fully saturated rings. The van der Waals surface area contributed by atoms with Crippen LogP contribution in [0, 0.1) is 0 Å². The molecule has 2 heterocycles. The van der Waals surface area contributed by atoms with E-state index in [9.17, 15) is 0 Å². The lowest BCUT2D eigenvalue weighted by Crippen LogP contribution is -2.38. The number of halogens is 1. The largest absolute Gasteiger partial charge is 0.357 e. The second kappa shape index (κ2) is 10.3. The number of aryl methyl sites for hydroxylation is 1. The average molecular weight is 366 g/mol. The van der Waals surface area contributed by atoms with Gasteiger partial charge in [-0.25, -0.2) is 9.97 Å². The van der Waals surface area contributed by atoms with Gasteiger partial charge in [0.2, 0.25) is 0 Å². The third kappa shape index (κ3) is 6.45. The minimum Gasteiger partial charge on any atom is -0.357 e. The average Bonchev–Trinajstić information content (AvgIpc) is 3.05. The van der Waals surface area contributed by atoms with Crippen molar-refractivity contribution < 1.29 is 0 Å². The molecular formula is C17H24ClN5S. The number of guanidine groups is 1. The molecule has 0 aliphatic carbocycles. The molecule has 0 saturated heterocycles. The maximum absolute atomic E-state index is 5.80. The molecule has 2 aromatic rings. The molecule has 0 radical (unpaired) electrons. The van der Waals surface area contributed by atoms with Crippen molar-refractivity contribution in [2.24, 2.45) is 4.99 Å². The second-order valence-corrected chi connectivity index (χ2v) is 6.59. The van der Waals surface area contributed by atoms with Gasteiger partial charge < -0.3 is 10.6 Å². The smallest absolute Gasteiger partial charge is 0.191 e. The van der Waals surface area contributed by atoms with Gasteiger partial charge in [0.1, 0.15) is 5.15 Å². The Hall–Kier alpha value is -1.66. The summed E-state index contributed by atoms with van der Waals surface area (Å²) >= 11 is 7.52. The number of aliphatic imine (C=N–C) groups is 1. The lowest BCUT2D eigenvalue weighted by molar-refractivity contribution is 0.793. The van der Waals surface area contributed by atoms with E-state index in [0.717, 1.165) is 56.1 Å². The lowest BCUT2D eigenvalue weighted by atomic mass is 10.2. The predicted molar refractivity (Wildman–Crippen MR) is 102 cm³/mol. The molecule has 0 saturated carbocycles. The van der Waals surface area contributed by atoms with E-state index in [2.05, 4.69) is 44.8 Å². The van der Waals surface area contributed by atoms with E-state index in [1.165, 1.54) is 5.01 Å². The maximum Gasteiger partial charge on any atom is 0.191 e. The minimum atomic E-state index is 0.523. The van der Waals surface area contributed by atoms with E-state index in [1.807, 2.05) is 18.3 Å². The summed E-state index contributed by atoms with van der Waals surface area (Å²) in [6.45, 7) is 6.56. The number of nitrogens with one attached hydrogen (secondary N) is 2. The number of hydrogen-bond acceptors (Lipinski definition) is 4. The van der Waals surface area contributed by atoms with Crippen LogP contribution in [-0.4, -0.2) is 35.6 Å². The van der Waals surface area contributed by atoms with Gasteiger partial charge in [-0.2, -0.15) is 0 Å². The molecule has 5 nitrogen and oxygen atoms in total. The van der Waals surface area contributed by atoms with Gasteiger partial charge in [-0.3, -0.25) is 4.99 Å². The van der Waals surface area contributed by atoms with Gasteiger partial charge in [-0.05, 0) is 31.4 Å². The van der Waals surface area contributed by atoms with Gasteiger partial charge in [0.25, 0.3) is 0 Å². The summed E-state index contributed by atoms with van der Waals surface area (Å²) in [5.74, 6) is 0.838. The Morgan fingerprint density at radius 1 is 1.25 bits per heavy atom. The van der Waals surface area contributed by atoms with Crippen LogP contribution >= 0.6 is 22.9 Å². The van der Waals surface area contributed by atoms with E-state index in [1.54, 1.807) is 11.3 Å². The standard InChI is InChI=1S/C17H24ClN5S/c1-3-16-23-14(12-24-16)8-10-21-17(19-4-2)20-9-7-13-5-6-15(18)22-11-13/h5-6,11-12H,3-4,7-10H2,1-2H3,(H2,19,20,21). The van der Waals surface area contributed by atoms with Crippen molar-refractivity contribution in [3.63, 3.8) is 0 Å². The van der Waals surface area contributed by atoms with E-state index < -0.39 is 0 Å². The first-order valence-electron chi connectivity index (χ1n) is 8.27. The Bertz CT molecular complexity index is 639. The molecule has 2 N–H and O–H groups in total. The molecule has 0 unspecified atom stereocenters. The minimum absolute atomic E-state index is 0.523. The Kier molecular flexibility index (Phi) is 7.98. The molecule has 0 spiro atoms. The zero-order chi connectivity index (χ0) is 17.2. The fourth-order valence-corrected chi connectivity index (χ4v) is 3.02. The van der Waals surface area contributed by atoms with Crippen LogP contribution in [0.1, 0.15) is 30.1 Å². The van der Waals surface area contributed by atoms with Gasteiger partial charge in [0.05, 0.1) is 10.7 Å². The molecule has 130 valence electrons. The Morgan fingerprint density at radius 2 is 2.12 bits per heavy atom. The Labute approximate surface area is 152 Å². The van der Waals surface area contributed by atoms with Crippen LogP contribution in [0.15, 0.2) is 28.7 Å². The number of thiazole rings is 1. The van der Waals surface area contributed by atoms with Crippen LogP contribution in [0.2, 0.25) is 5.15 Å². The first-order chi connectivity index (χ1) is 11.7. The van der Waals surface area contributed by atoms with Gasteiger partial charge in [-0.1, -0.05) is 24.6 Å². The first kappa shape index (κ1) is 18.7. The highest BCUT2D eigenvalue weighted by Gasteiger charge is 2.01. The highest BCUT2D eigenvalue weighted by atomic mass is 35.5. The third-order valence-corrected chi connectivity index (χ3v) is 4.64. The summed E-state index contributed by atoms with van der Waals surface area (Å²) in [5, 5.41) is 10.5. The maximum atomic E-state index is 5.80. The molecule has 7 heteroatoms. The third-order valence-electron chi connectivity index (χ3n) is 3.38. The molecule has 2 rings (SSSR count). The van der Waals surface area contributed by atoms with Crippen molar-refractivity contribution in [2.75, 3.05) is 19.6 Å². The zero-order valence-electron chi connectivity index (χ0n) is 14.2. The van der Waals surface area contributed by atoms with E-state index in [0.29, 0.717) is 5.15 Å². The van der Waals surface area contributed by atoms with E-state index in [4.69, 9.17) is 11.6 Å². The summed E-state index contributed by atoms with van der Waals surface area (Å²) < 4.78 is 0. The molecule has 0 aliphatic rings. The van der Waals surface area contributed by atoms with E-state index in [-0.39, 0.29) is 0 Å². The van der Waals surface area contributed by atoms with Crippen LogP contribution in [0.4, 0.5) is 0 Å². The number of hydrogen-bond donors (Lipinski definition) is 2. The van der Waals surface area contributed by atoms with Crippen molar-refractivity contribution in [1.82, 2.24) is 20.6 Å². The highest BCUT2D eigenvalue weighted by Crippen LogP contribution is 2.10. The van der Waals surface area contributed by atoms with Crippen molar-refractivity contribution in [3.8, 4) is 0 Å². The Morgan fingerprint density at radius 3 is 2.79 bits per heavy atom. The SMILES string of the molecule is CCNC(=NCCc1csc(CC)n1)NCCc1ccc(Cl)nc1. The topological polar surface area (TPSA) is 62.2 Å². The van der Waals surface area contributed by atoms with Crippen LogP contribution < -0.4 is 10.6 Å². The monoisotopic (exact) mass is 365 g/mol. The van der Waals surface area contributed by atoms with Gasteiger partial charge >= 0.3 is 0 Å². The normalized spacial score (nSPS) is 11.5. The fourth-order valence-electron chi connectivity index (χ4n) is 2.13. The molecule has 0 aliphatic heterocycles. The van der Waals surface area contributed by atoms with Gasteiger partial charge in [0, 0.05) is 37.6 Å². The molecule has 0 bridgehead atoms. The lowest BCUT2D eigenvalue weighted by Gasteiger charge is -2.11. The molecule has 2 aromatic heterocycles. The first-order valence-corrected chi connectivity index (χ1v) is 9.53.